The molecule has 1 saturated carbocycles. The number of aliphatic hydroxyl groups is 1. The number of halogens is 3. The molecule has 2 aliphatic rings. The first kappa shape index (κ1) is 15.7. The van der Waals surface area contributed by atoms with E-state index in [0.29, 0.717) is 0 Å². The van der Waals surface area contributed by atoms with Gasteiger partial charge in [0, 0.05) is 5.92 Å². The lowest BCUT2D eigenvalue weighted by Gasteiger charge is -2.48. The van der Waals surface area contributed by atoms with Crippen molar-refractivity contribution < 1.29 is 23.0 Å². The lowest BCUT2D eigenvalue weighted by molar-refractivity contribution is -0.274. The second kappa shape index (κ2) is 4.63. The first-order valence-electron chi connectivity index (χ1n) is 7.63. The van der Waals surface area contributed by atoms with Crippen molar-refractivity contribution in [2.24, 2.45) is 11.3 Å². The van der Waals surface area contributed by atoms with Gasteiger partial charge in [-0.2, -0.15) is 0 Å². The van der Waals surface area contributed by atoms with Gasteiger partial charge in [-0.1, -0.05) is 33.3 Å². The third-order valence-electron chi connectivity index (χ3n) is 5.55. The highest BCUT2D eigenvalue weighted by Crippen LogP contribution is 2.62. The molecule has 0 heterocycles. The maximum Gasteiger partial charge on any atom is 0.573 e. The maximum absolute atomic E-state index is 12.4. The van der Waals surface area contributed by atoms with Crippen molar-refractivity contribution in [2.75, 3.05) is 0 Å². The lowest BCUT2D eigenvalue weighted by atomic mass is 9.56. The van der Waals surface area contributed by atoms with Gasteiger partial charge in [0.25, 0.3) is 0 Å². The van der Waals surface area contributed by atoms with E-state index in [-0.39, 0.29) is 22.5 Å². The molecule has 1 fully saturated rings. The summed E-state index contributed by atoms with van der Waals surface area (Å²) in [6.07, 6.45) is -2.42. The Labute approximate surface area is 128 Å². The number of aliphatic hydroxyl groups excluding tert-OH is 1. The van der Waals surface area contributed by atoms with E-state index < -0.39 is 12.5 Å². The zero-order chi connectivity index (χ0) is 16.3. The van der Waals surface area contributed by atoms with E-state index in [1.807, 2.05) is 0 Å². The molecule has 0 spiro atoms. The minimum Gasteiger partial charge on any atom is -0.406 e. The van der Waals surface area contributed by atoms with Crippen molar-refractivity contribution in [1.82, 2.24) is 0 Å². The van der Waals surface area contributed by atoms with Gasteiger partial charge < -0.3 is 9.84 Å². The molecule has 0 amide bonds. The maximum atomic E-state index is 12.4. The Kier molecular flexibility index (Phi) is 3.30. The zero-order valence-corrected chi connectivity index (χ0v) is 13.0. The van der Waals surface area contributed by atoms with Crippen LogP contribution in [0.2, 0.25) is 0 Å². The molecule has 5 heteroatoms. The molecular weight excluding hydrogens is 293 g/mol. The molecule has 3 atom stereocenters. The number of ether oxygens (including phenoxy) is 1. The van der Waals surface area contributed by atoms with E-state index in [1.54, 1.807) is 6.07 Å². The summed E-state index contributed by atoms with van der Waals surface area (Å²) in [4.78, 5) is 0. The van der Waals surface area contributed by atoms with Crippen LogP contribution in [-0.4, -0.2) is 11.5 Å². The van der Waals surface area contributed by atoms with Crippen LogP contribution in [-0.2, 0) is 5.41 Å². The van der Waals surface area contributed by atoms with Crippen LogP contribution in [0.5, 0.6) is 5.75 Å². The van der Waals surface area contributed by atoms with Crippen LogP contribution in [0.15, 0.2) is 18.2 Å². The number of benzene rings is 1. The van der Waals surface area contributed by atoms with Crippen LogP contribution < -0.4 is 4.74 Å². The van der Waals surface area contributed by atoms with Crippen molar-refractivity contribution in [3.8, 4) is 5.75 Å². The summed E-state index contributed by atoms with van der Waals surface area (Å²) in [5.41, 5.74) is 1.20. The summed E-state index contributed by atoms with van der Waals surface area (Å²) in [5, 5.41) is 10.7. The number of fused-ring (bicyclic) bond motifs is 3. The van der Waals surface area contributed by atoms with E-state index in [9.17, 15) is 18.3 Å². The Morgan fingerprint density at radius 2 is 1.86 bits per heavy atom. The molecule has 1 aromatic carbocycles. The van der Waals surface area contributed by atoms with Gasteiger partial charge in [0.05, 0.1) is 6.10 Å². The summed E-state index contributed by atoms with van der Waals surface area (Å²) >= 11 is 0. The average molecular weight is 314 g/mol. The molecule has 0 aliphatic heterocycles. The fraction of sp³-hybridized carbons (Fsp3) is 0.647. The normalized spacial score (nSPS) is 33.2. The van der Waals surface area contributed by atoms with Crippen molar-refractivity contribution in [3.05, 3.63) is 29.3 Å². The van der Waals surface area contributed by atoms with Gasteiger partial charge >= 0.3 is 6.36 Å². The molecule has 2 aliphatic carbocycles. The molecule has 122 valence electrons. The summed E-state index contributed by atoms with van der Waals surface area (Å²) in [7, 11) is 0. The molecule has 0 aromatic heterocycles. The van der Waals surface area contributed by atoms with Gasteiger partial charge in [0.15, 0.2) is 0 Å². The highest BCUT2D eigenvalue weighted by atomic mass is 19.4. The topological polar surface area (TPSA) is 29.5 Å². The molecule has 0 radical (unpaired) electrons. The third-order valence-corrected chi connectivity index (χ3v) is 5.55. The second-order valence-electron chi connectivity index (χ2n) is 7.48. The molecule has 22 heavy (non-hydrogen) atoms. The van der Waals surface area contributed by atoms with Crippen LogP contribution in [0.3, 0.4) is 0 Å². The predicted molar refractivity (Wildman–Crippen MR) is 76.6 cm³/mol. The first-order valence-corrected chi connectivity index (χ1v) is 7.63. The number of alkyl halides is 3. The summed E-state index contributed by atoms with van der Waals surface area (Å²) in [6, 6.07) is 4.34. The Bertz CT molecular complexity index is 594. The standard InChI is InChI=1S/C17H21F3O2/c1-15(2)7-4-8-16(3)12-9-10(22-17(18,19)20)5-6-11(12)13(21)14(15)16/h5-6,9,13-14,21H,4,7-8H2,1-3H3/t13-,14-,16-/m0/s1. The third kappa shape index (κ3) is 2.30. The van der Waals surface area contributed by atoms with Crippen molar-refractivity contribution >= 4 is 0 Å². The van der Waals surface area contributed by atoms with E-state index in [2.05, 4.69) is 25.5 Å². The van der Waals surface area contributed by atoms with Crippen LogP contribution >= 0.6 is 0 Å². The van der Waals surface area contributed by atoms with Gasteiger partial charge in [-0.25, -0.2) is 0 Å². The second-order valence-corrected chi connectivity index (χ2v) is 7.48. The van der Waals surface area contributed by atoms with Crippen LogP contribution in [0.25, 0.3) is 0 Å². The Balaban J connectivity index is 2.06. The zero-order valence-electron chi connectivity index (χ0n) is 13.0. The Morgan fingerprint density at radius 3 is 2.50 bits per heavy atom. The fourth-order valence-electron chi connectivity index (χ4n) is 4.83. The smallest absolute Gasteiger partial charge is 0.406 e. The van der Waals surface area contributed by atoms with E-state index >= 15 is 0 Å². The summed E-state index contributed by atoms with van der Waals surface area (Å²) in [6.45, 7) is 6.33. The van der Waals surface area contributed by atoms with Crippen LogP contribution in [0, 0.1) is 11.3 Å². The van der Waals surface area contributed by atoms with E-state index in [4.69, 9.17) is 0 Å². The van der Waals surface area contributed by atoms with E-state index in [1.165, 1.54) is 12.1 Å². The first-order chi connectivity index (χ1) is 10.0. The van der Waals surface area contributed by atoms with Gasteiger partial charge in [-0.3, -0.25) is 0 Å². The molecule has 0 saturated heterocycles. The van der Waals surface area contributed by atoms with Crippen molar-refractivity contribution in [3.63, 3.8) is 0 Å². The van der Waals surface area contributed by atoms with Crippen molar-refractivity contribution in [1.29, 1.82) is 0 Å². The molecule has 2 nitrogen and oxygen atoms in total. The van der Waals surface area contributed by atoms with Crippen LogP contribution in [0.1, 0.15) is 57.3 Å². The Morgan fingerprint density at radius 1 is 1.18 bits per heavy atom. The van der Waals surface area contributed by atoms with Gasteiger partial charge in [-0.15, -0.1) is 13.2 Å². The highest BCUT2D eigenvalue weighted by molar-refractivity contribution is 5.48. The fourth-order valence-corrected chi connectivity index (χ4v) is 4.83. The van der Waals surface area contributed by atoms with E-state index in [0.717, 1.165) is 30.4 Å². The molecule has 1 N–H and O–H groups in total. The monoisotopic (exact) mass is 314 g/mol. The van der Waals surface area contributed by atoms with Gasteiger partial charge in [-0.05, 0) is 46.9 Å². The lowest BCUT2D eigenvalue weighted by Crippen LogP contribution is -2.43. The van der Waals surface area contributed by atoms with Crippen molar-refractivity contribution in [2.45, 2.75) is 57.9 Å². The molecule has 1 aromatic rings. The minimum atomic E-state index is -4.70. The van der Waals surface area contributed by atoms with Gasteiger partial charge in [0.1, 0.15) is 5.75 Å². The Hall–Kier alpha value is -1.23. The summed E-state index contributed by atoms with van der Waals surface area (Å²) in [5.74, 6) is -0.186. The quantitative estimate of drug-likeness (QED) is 0.813. The number of rotatable bonds is 1. The molecule has 3 rings (SSSR count). The summed E-state index contributed by atoms with van der Waals surface area (Å²) < 4.78 is 41.4. The highest BCUT2D eigenvalue weighted by Gasteiger charge is 2.56. The molecule has 0 unspecified atom stereocenters. The minimum absolute atomic E-state index is 0.0184. The molecular formula is C17H21F3O2. The van der Waals surface area contributed by atoms with Crippen LogP contribution in [0.4, 0.5) is 13.2 Å². The molecule has 0 bridgehead atoms. The van der Waals surface area contributed by atoms with Gasteiger partial charge in [0.2, 0.25) is 0 Å². The number of hydrogen-bond donors (Lipinski definition) is 1. The number of hydrogen-bond acceptors (Lipinski definition) is 2. The average Bonchev–Trinajstić information content (AvgIpc) is 2.57. The SMILES string of the molecule is CC1(C)CCC[C@@]2(C)c3cc(OC(F)(F)F)ccc3[C@H](O)[C@@H]12. The largest absolute Gasteiger partial charge is 0.573 e. The predicted octanol–water partition coefficient (Wildman–Crippen LogP) is 4.72.